The summed E-state index contributed by atoms with van der Waals surface area (Å²) in [6.45, 7) is 6.76. The standard InChI is InChI=1S/C15H23N5/c1-12-7-13(2)9-15(8-12)19(4)5-6-20-11-14(10-16-3)17-18-20/h7-9,11,16H,5-6,10H2,1-4H3. The zero-order chi connectivity index (χ0) is 14.5. The minimum Gasteiger partial charge on any atom is -0.373 e. The van der Waals surface area contributed by atoms with Crippen molar-refractivity contribution in [1.82, 2.24) is 20.3 Å². The van der Waals surface area contributed by atoms with Gasteiger partial charge in [-0.25, -0.2) is 0 Å². The van der Waals surface area contributed by atoms with E-state index in [1.807, 2.05) is 17.9 Å². The fraction of sp³-hybridized carbons (Fsp3) is 0.467. The Balaban J connectivity index is 1.95. The van der Waals surface area contributed by atoms with Crippen molar-refractivity contribution in [3.8, 4) is 0 Å². The second-order valence-electron chi connectivity index (χ2n) is 5.27. The van der Waals surface area contributed by atoms with Crippen molar-refractivity contribution in [3.05, 3.63) is 41.2 Å². The summed E-state index contributed by atoms with van der Waals surface area (Å²) in [7, 11) is 4.02. The maximum Gasteiger partial charge on any atom is 0.0964 e. The van der Waals surface area contributed by atoms with Crippen LogP contribution in [0.2, 0.25) is 0 Å². The highest BCUT2D eigenvalue weighted by atomic mass is 15.4. The molecular formula is C15H23N5. The Bertz CT molecular complexity index is 541. The van der Waals surface area contributed by atoms with E-state index >= 15 is 0 Å². The van der Waals surface area contributed by atoms with Crippen LogP contribution in [0.4, 0.5) is 5.69 Å². The predicted molar refractivity (Wildman–Crippen MR) is 82.0 cm³/mol. The lowest BCUT2D eigenvalue weighted by Gasteiger charge is -2.20. The molecule has 0 aliphatic heterocycles. The largest absolute Gasteiger partial charge is 0.373 e. The fourth-order valence-corrected chi connectivity index (χ4v) is 2.26. The summed E-state index contributed by atoms with van der Waals surface area (Å²) >= 11 is 0. The lowest BCUT2D eigenvalue weighted by Crippen LogP contribution is -2.23. The lowest BCUT2D eigenvalue weighted by molar-refractivity contribution is 0.587. The van der Waals surface area contributed by atoms with Crippen molar-refractivity contribution < 1.29 is 0 Å². The molecule has 1 aromatic carbocycles. The van der Waals surface area contributed by atoms with Crippen molar-refractivity contribution in [2.75, 3.05) is 25.5 Å². The van der Waals surface area contributed by atoms with Gasteiger partial charge in [0.05, 0.1) is 12.2 Å². The van der Waals surface area contributed by atoms with E-state index in [0.717, 1.165) is 25.3 Å². The molecule has 1 aromatic heterocycles. The average molecular weight is 273 g/mol. The summed E-state index contributed by atoms with van der Waals surface area (Å²) in [5.41, 5.74) is 4.81. The number of hydrogen-bond donors (Lipinski definition) is 1. The Kier molecular flexibility index (Phi) is 4.74. The van der Waals surface area contributed by atoms with Crippen LogP contribution in [0.1, 0.15) is 16.8 Å². The van der Waals surface area contributed by atoms with Gasteiger partial charge in [0.15, 0.2) is 0 Å². The first kappa shape index (κ1) is 14.5. The van der Waals surface area contributed by atoms with Crippen LogP contribution in [0.25, 0.3) is 0 Å². The molecule has 5 nitrogen and oxygen atoms in total. The maximum absolute atomic E-state index is 4.14. The molecule has 0 aliphatic rings. The van der Waals surface area contributed by atoms with Gasteiger partial charge in [-0.05, 0) is 44.2 Å². The Morgan fingerprint density at radius 3 is 2.55 bits per heavy atom. The number of aromatic nitrogens is 3. The van der Waals surface area contributed by atoms with Gasteiger partial charge in [-0.15, -0.1) is 5.10 Å². The number of hydrogen-bond acceptors (Lipinski definition) is 4. The summed E-state index contributed by atoms with van der Waals surface area (Å²) in [6, 6.07) is 6.61. The first-order valence-corrected chi connectivity index (χ1v) is 6.91. The Morgan fingerprint density at radius 2 is 1.90 bits per heavy atom. The molecule has 2 rings (SSSR count). The third kappa shape index (κ3) is 3.81. The van der Waals surface area contributed by atoms with Gasteiger partial charge in [0.25, 0.3) is 0 Å². The molecule has 1 N–H and O–H groups in total. The summed E-state index contributed by atoms with van der Waals surface area (Å²) in [5, 5.41) is 11.3. The number of rotatable bonds is 6. The maximum atomic E-state index is 4.14. The van der Waals surface area contributed by atoms with Crippen LogP contribution >= 0.6 is 0 Å². The van der Waals surface area contributed by atoms with Crippen molar-refractivity contribution in [3.63, 3.8) is 0 Å². The molecular weight excluding hydrogens is 250 g/mol. The number of anilines is 1. The van der Waals surface area contributed by atoms with Gasteiger partial charge in [0.2, 0.25) is 0 Å². The molecule has 0 spiro atoms. The molecule has 0 amide bonds. The second-order valence-corrected chi connectivity index (χ2v) is 5.27. The third-order valence-electron chi connectivity index (χ3n) is 3.26. The van der Waals surface area contributed by atoms with Gasteiger partial charge in [0, 0.05) is 32.0 Å². The van der Waals surface area contributed by atoms with Crippen molar-refractivity contribution in [2.24, 2.45) is 0 Å². The molecule has 0 fully saturated rings. The van der Waals surface area contributed by atoms with Crippen molar-refractivity contribution >= 4 is 5.69 Å². The molecule has 20 heavy (non-hydrogen) atoms. The van der Waals surface area contributed by atoms with Gasteiger partial charge in [-0.1, -0.05) is 11.3 Å². The molecule has 0 saturated heterocycles. The normalized spacial score (nSPS) is 10.8. The van der Waals surface area contributed by atoms with Gasteiger partial charge in [-0.3, -0.25) is 4.68 Å². The highest BCUT2D eigenvalue weighted by molar-refractivity contribution is 5.50. The minimum absolute atomic E-state index is 0.757. The summed E-state index contributed by atoms with van der Waals surface area (Å²) in [4.78, 5) is 2.25. The lowest BCUT2D eigenvalue weighted by atomic mass is 10.1. The van der Waals surface area contributed by atoms with E-state index in [9.17, 15) is 0 Å². The van der Waals surface area contributed by atoms with Crippen molar-refractivity contribution in [1.29, 1.82) is 0 Å². The first-order valence-electron chi connectivity index (χ1n) is 6.91. The number of nitrogens with zero attached hydrogens (tertiary/aromatic N) is 4. The predicted octanol–water partition coefficient (Wildman–Crippen LogP) is 1.75. The zero-order valence-corrected chi connectivity index (χ0v) is 12.7. The smallest absolute Gasteiger partial charge is 0.0964 e. The molecule has 2 aromatic rings. The van der Waals surface area contributed by atoms with Gasteiger partial charge in [0.1, 0.15) is 0 Å². The van der Waals surface area contributed by atoms with Crippen LogP contribution in [0, 0.1) is 13.8 Å². The fourth-order valence-electron chi connectivity index (χ4n) is 2.26. The molecule has 1 heterocycles. The Hall–Kier alpha value is -1.88. The SMILES string of the molecule is CNCc1cn(CCN(C)c2cc(C)cc(C)c2)nn1. The number of likely N-dealkylation sites (N-methyl/N-ethyl adjacent to an activating group) is 1. The molecule has 0 bridgehead atoms. The number of nitrogens with one attached hydrogen (secondary N) is 1. The highest BCUT2D eigenvalue weighted by Gasteiger charge is 2.04. The molecule has 0 aliphatic carbocycles. The van der Waals surface area contributed by atoms with Crippen LogP contribution in [0.3, 0.4) is 0 Å². The number of benzene rings is 1. The van der Waals surface area contributed by atoms with E-state index < -0.39 is 0 Å². The highest BCUT2D eigenvalue weighted by Crippen LogP contribution is 2.17. The molecule has 0 radical (unpaired) electrons. The van der Waals surface area contributed by atoms with E-state index in [4.69, 9.17) is 0 Å². The van der Waals surface area contributed by atoms with Crippen LogP contribution in [0.5, 0.6) is 0 Å². The van der Waals surface area contributed by atoms with Gasteiger partial charge < -0.3 is 10.2 Å². The first-order chi connectivity index (χ1) is 9.58. The van der Waals surface area contributed by atoms with Crippen LogP contribution in [0.15, 0.2) is 24.4 Å². The molecule has 0 unspecified atom stereocenters. The van der Waals surface area contributed by atoms with Crippen LogP contribution < -0.4 is 10.2 Å². The Morgan fingerprint density at radius 1 is 1.20 bits per heavy atom. The second kappa shape index (κ2) is 6.52. The quantitative estimate of drug-likeness (QED) is 0.871. The molecule has 0 atom stereocenters. The monoisotopic (exact) mass is 273 g/mol. The van der Waals surface area contributed by atoms with E-state index in [1.54, 1.807) is 0 Å². The topological polar surface area (TPSA) is 46.0 Å². The summed E-state index contributed by atoms with van der Waals surface area (Å²) in [6.07, 6.45) is 1.99. The number of aryl methyl sites for hydroxylation is 2. The zero-order valence-electron chi connectivity index (χ0n) is 12.7. The third-order valence-corrected chi connectivity index (χ3v) is 3.26. The molecule has 108 valence electrons. The summed E-state index contributed by atoms with van der Waals surface area (Å²) < 4.78 is 1.89. The van der Waals surface area contributed by atoms with E-state index in [-0.39, 0.29) is 0 Å². The van der Waals surface area contributed by atoms with Gasteiger partial charge in [-0.2, -0.15) is 0 Å². The van der Waals surface area contributed by atoms with Gasteiger partial charge >= 0.3 is 0 Å². The molecule has 0 saturated carbocycles. The van der Waals surface area contributed by atoms with E-state index in [1.165, 1.54) is 16.8 Å². The molecule has 5 heteroatoms. The van der Waals surface area contributed by atoms with Crippen molar-refractivity contribution in [2.45, 2.75) is 26.9 Å². The minimum atomic E-state index is 0.757. The Labute approximate surface area is 120 Å². The average Bonchev–Trinajstić information content (AvgIpc) is 2.83. The van der Waals surface area contributed by atoms with E-state index in [2.05, 4.69) is 59.6 Å². The van der Waals surface area contributed by atoms with E-state index in [0.29, 0.717) is 0 Å². The summed E-state index contributed by atoms with van der Waals surface area (Å²) in [5.74, 6) is 0. The van der Waals surface area contributed by atoms with Crippen LogP contribution in [-0.4, -0.2) is 35.6 Å². The van der Waals surface area contributed by atoms with Crippen LogP contribution in [-0.2, 0) is 13.1 Å².